The number of hydrogen-bond acceptors (Lipinski definition) is 4. The molecule has 26 heavy (non-hydrogen) atoms. The molecule has 1 aromatic heterocycles. The van der Waals surface area contributed by atoms with Crippen LogP contribution in [0, 0.1) is 25.2 Å². The highest BCUT2D eigenvalue weighted by Crippen LogP contribution is 2.23. The van der Waals surface area contributed by atoms with Crippen molar-refractivity contribution in [2.45, 2.75) is 20.8 Å². The Bertz CT molecular complexity index is 913. The summed E-state index contributed by atoms with van der Waals surface area (Å²) >= 11 is 0. The summed E-state index contributed by atoms with van der Waals surface area (Å²) < 4.78 is 5.04. The molecule has 0 aliphatic rings. The van der Waals surface area contributed by atoms with Crippen molar-refractivity contribution in [1.82, 2.24) is 4.98 Å². The van der Waals surface area contributed by atoms with Crippen molar-refractivity contribution in [2.24, 2.45) is 0 Å². The minimum Gasteiger partial charge on any atom is -0.462 e. The molecule has 132 valence electrons. The molecule has 1 aromatic carbocycles. The second-order valence-corrected chi connectivity index (χ2v) is 5.64. The number of ketones is 1. The van der Waals surface area contributed by atoms with Gasteiger partial charge in [0, 0.05) is 11.4 Å². The smallest absolute Gasteiger partial charge is 0.340 e. The summed E-state index contributed by atoms with van der Waals surface area (Å²) in [5, 5.41) is 9.39. The Kier molecular flexibility index (Phi) is 6.29. The summed E-state index contributed by atoms with van der Waals surface area (Å²) in [5.41, 5.74) is 2.34. The lowest BCUT2D eigenvalue weighted by Gasteiger charge is -2.05. The van der Waals surface area contributed by atoms with Crippen LogP contribution in [0.15, 0.2) is 48.1 Å². The zero-order valence-corrected chi connectivity index (χ0v) is 15.0. The first-order valence-corrected chi connectivity index (χ1v) is 8.24. The highest BCUT2D eigenvalue weighted by molar-refractivity contribution is 6.17. The Morgan fingerprint density at radius 1 is 1.15 bits per heavy atom. The molecule has 0 saturated carbocycles. The predicted molar refractivity (Wildman–Crippen MR) is 99.7 cm³/mol. The number of H-pyrrole nitrogens is 1. The number of nitrogens with zero attached hydrogens (tertiary/aromatic N) is 1. The van der Waals surface area contributed by atoms with Crippen LogP contribution < -0.4 is 0 Å². The number of carbonyl (C=O) groups is 2. The van der Waals surface area contributed by atoms with Crippen LogP contribution in [-0.2, 0) is 4.74 Å². The summed E-state index contributed by atoms with van der Waals surface area (Å²) in [6.07, 6.45) is 4.89. The van der Waals surface area contributed by atoms with Crippen LogP contribution in [0.25, 0.3) is 6.08 Å². The van der Waals surface area contributed by atoms with Crippen molar-refractivity contribution < 1.29 is 14.3 Å². The van der Waals surface area contributed by atoms with Gasteiger partial charge in [0.05, 0.1) is 17.7 Å². The zero-order chi connectivity index (χ0) is 19.1. The van der Waals surface area contributed by atoms with Gasteiger partial charge < -0.3 is 9.72 Å². The number of nitriles is 1. The third-order valence-electron chi connectivity index (χ3n) is 3.80. The number of Topliss-reactive ketones (excluding diaryl/α,β-unsaturated/α-hetero) is 1. The summed E-state index contributed by atoms with van der Waals surface area (Å²) in [6, 6.07) is 11.5. The third-order valence-corrected chi connectivity index (χ3v) is 3.80. The van der Waals surface area contributed by atoms with Gasteiger partial charge in [-0.15, -0.1) is 0 Å². The average Bonchev–Trinajstić information content (AvgIpc) is 2.93. The van der Waals surface area contributed by atoms with E-state index in [1.165, 1.54) is 6.08 Å². The normalized spacial score (nSPS) is 11.4. The predicted octanol–water partition coefficient (Wildman–Crippen LogP) is 4.15. The van der Waals surface area contributed by atoms with Crippen molar-refractivity contribution >= 4 is 17.8 Å². The van der Waals surface area contributed by atoms with E-state index < -0.39 is 11.8 Å². The minimum absolute atomic E-state index is 0.0511. The maximum absolute atomic E-state index is 12.8. The Morgan fingerprint density at radius 3 is 2.42 bits per heavy atom. The van der Waals surface area contributed by atoms with E-state index in [1.54, 1.807) is 32.9 Å². The number of aromatic amines is 1. The first-order chi connectivity index (χ1) is 12.5. The van der Waals surface area contributed by atoms with E-state index in [0.29, 0.717) is 11.4 Å². The van der Waals surface area contributed by atoms with E-state index in [-0.39, 0.29) is 23.3 Å². The Labute approximate surface area is 152 Å². The number of rotatable bonds is 6. The molecule has 0 saturated heterocycles. The molecule has 5 heteroatoms. The van der Waals surface area contributed by atoms with Gasteiger partial charge in [0.15, 0.2) is 0 Å². The second-order valence-electron chi connectivity index (χ2n) is 5.64. The zero-order valence-electron chi connectivity index (χ0n) is 15.0. The number of carbonyl (C=O) groups excluding carboxylic acids is 2. The van der Waals surface area contributed by atoms with Crippen molar-refractivity contribution in [2.75, 3.05) is 6.61 Å². The molecule has 0 aliphatic carbocycles. The first-order valence-electron chi connectivity index (χ1n) is 8.24. The van der Waals surface area contributed by atoms with E-state index in [1.807, 2.05) is 36.4 Å². The van der Waals surface area contributed by atoms with Gasteiger partial charge in [-0.1, -0.05) is 42.5 Å². The molecule has 0 fully saturated rings. The van der Waals surface area contributed by atoms with E-state index in [4.69, 9.17) is 4.74 Å². The van der Waals surface area contributed by atoms with Gasteiger partial charge in [0.2, 0.25) is 5.78 Å². The minimum atomic E-state index is -0.574. The molecule has 0 bridgehead atoms. The molecule has 0 spiro atoms. The van der Waals surface area contributed by atoms with Crippen molar-refractivity contribution in [1.29, 1.82) is 5.26 Å². The molecule has 2 rings (SSSR count). The van der Waals surface area contributed by atoms with Crippen LogP contribution in [0.4, 0.5) is 0 Å². The van der Waals surface area contributed by atoms with Crippen molar-refractivity contribution in [3.8, 4) is 6.07 Å². The van der Waals surface area contributed by atoms with Crippen LogP contribution in [0.5, 0.6) is 0 Å². The molecular formula is C21H20N2O3. The number of esters is 1. The number of allylic oxidation sites excluding steroid dienone is 3. The molecule has 5 nitrogen and oxygen atoms in total. The topological polar surface area (TPSA) is 83.0 Å². The Balaban J connectivity index is 2.37. The van der Waals surface area contributed by atoms with Crippen molar-refractivity contribution in [3.63, 3.8) is 0 Å². The number of aryl methyl sites for hydroxylation is 2. The number of nitrogens with one attached hydrogen (secondary N) is 1. The monoisotopic (exact) mass is 348 g/mol. The molecule has 0 amide bonds. The van der Waals surface area contributed by atoms with Gasteiger partial charge in [-0.05, 0) is 32.4 Å². The highest BCUT2D eigenvalue weighted by atomic mass is 16.5. The van der Waals surface area contributed by atoms with Gasteiger partial charge >= 0.3 is 5.97 Å². The summed E-state index contributed by atoms with van der Waals surface area (Å²) in [7, 11) is 0. The van der Waals surface area contributed by atoms with Gasteiger partial charge in [0.25, 0.3) is 0 Å². The SMILES string of the molecule is CCOC(=O)c1c(C)[nH]c(C)c1C(=O)/C(C#N)=C/C=C/c1ccccc1. The van der Waals surface area contributed by atoms with Crippen LogP contribution in [0.1, 0.15) is 44.6 Å². The lowest BCUT2D eigenvalue weighted by Crippen LogP contribution is -2.13. The van der Waals surface area contributed by atoms with Gasteiger partial charge in [-0.3, -0.25) is 4.79 Å². The fourth-order valence-electron chi connectivity index (χ4n) is 2.64. The van der Waals surface area contributed by atoms with Crippen LogP contribution in [0.2, 0.25) is 0 Å². The Hall–Kier alpha value is -3.39. The lowest BCUT2D eigenvalue weighted by molar-refractivity contribution is 0.0523. The molecule has 2 aromatic rings. The first kappa shape index (κ1) is 18.9. The number of aromatic nitrogens is 1. The van der Waals surface area contributed by atoms with Crippen LogP contribution in [-0.4, -0.2) is 23.3 Å². The fraction of sp³-hybridized carbons (Fsp3) is 0.190. The molecule has 0 radical (unpaired) electrons. The molecule has 1 N–H and O–H groups in total. The largest absolute Gasteiger partial charge is 0.462 e. The highest BCUT2D eigenvalue weighted by Gasteiger charge is 2.27. The summed E-state index contributed by atoms with van der Waals surface area (Å²) in [5.74, 6) is -1.08. The fourth-order valence-corrected chi connectivity index (χ4v) is 2.64. The number of ether oxygens (including phenoxy) is 1. The number of benzene rings is 1. The second kappa shape index (κ2) is 8.63. The Morgan fingerprint density at radius 2 is 1.81 bits per heavy atom. The molecule has 0 aliphatic heterocycles. The maximum atomic E-state index is 12.8. The van der Waals surface area contributed by atoms with Crippen LogP contribution >= 0.6 is 0 Å². The lowest BCUT2D eigenvalue weighted by atomic mass is 9.99. The molecule has 1 heterocycles. The van der Waals surface area contributed by atoms with E-state index in [9.17, 15) is 14.9 Å². The van der Waals surface area contributed by atoms with Crippen LogP contribution in [0.3, 0.4) is 0 Å². The van der Waals surface area contributed by atoms with E-state index in [2.05, 4.69) is 4.98 Å². The van der Waals surface area contributed by atoms with E-state index in [0.717, 1.165) is 5.56 Å². The quantitative estimate of drug-likeness (QED) is 0.279. The van der Waals surface area contributed by atoms with Gasteiger partial charge in [-0.2, -0.15) is 5.26 Å². The summed E-state index contributed by atoms with van der Waals surface area (Å²) in [4.78, 5) is 28.0. The standard InChI is InChI=1S/C21H20N2O3/c1-4-26-21(25)19-15(3)23-14(2)18(19)20(24)17(13-22)12-8-11-16-9-6-5-7-10-16/h5-12,23H,4H2,1-3H3/b11-8+,17-12+. The molecule has 0 atom stereocenters. The molecular weight excluding hydrogens is 328 g/mol. The molecule has 0 unspecified atom stereocenters. The maximum Gasteiger partial charge on any atom is 0.340 e. The van der Waals surface area contributed by atoms with Gasteiger partial charge in [0.1, 0.15) is 11.6 Å². The number of hydrogen-bond donors (Lipinski definition) is 1. The summed E-state index contributed by atoms with van der Waals surface area (Å²) in [6.45, 7) is 5.29. The average molecular weight is 348 g/mol. The third kappa shape index (κ3) is 4.17. The van der Waals surface area contributed by atoms with Gasteiger partial charge in [-0.25, -0.2) is 4.79 Å². The van der Waals surface area contributed by atoms with Crippen molar-refractivity contribution in [3.05, 3.63) is 76.1 Å². The van der Waals surface area contributed by atoms with E-state index >= 15 is 0 Å².